The fourth-order valence-electron chi connectivity index (χ4n) is 8.97. The summed E-state index contributed by atoms with van der Waals surface area (Å²) in [6, 6.07) is 69.8. The fraction of sp³-hybridized carbons (Fsp3) is 0.0702. The summed E-state index contributed by atoms with van der Waals surface area (Å²) in [4.78, 5) is 7.40. The van der Waals surface area contributed by atoms with E-state index in [1.807, 2.05) is 6.07 Å². The maximum Gasteiger partial charge on any atom is 0.217 e. The molecule has 286 valence electrons. The molecule has 0 saturated carbocycles. The number of aryl methyl sites for hydroxylation is 1. The molecule has 3 aliphatic rings. The van der Waals surface area contributed by atoms with Gasteiger partial charge in [-0.25, -0.2) is 4.99 Å². The summed E-state index contributed by atoms with van der Waals surface area (Å²) in [6.45, 7) is 0. The quantitative estimate of drug-likeness (QED) is 0.154. The molecule has 0 fully saturated rings. The normalized spacial score (nSPS) is 16.0. The number of ether oxygens (including phenoxy) is 1. The Hall–Kier alpha value is -7.49. The van der Waals surface area contributed by atoms with Crippen LogP contribution in [-0.2, 0) is 11.2 Å². The lowest BCUT2D eigenvalue weighted by molar-refractivity contribution is 0.209. The van der Waals surface area contributed by atoms with E-state index < -0.39 is 0 Å². The van der Waals surface area contributed by atoms with Gasteiger partial charge in [0.25, 0.3) is 0 Å². The zero-order valence-corrected chi connectivity index (χ0v) is 33.2. The molecule has 0 bridgehead atoms. The molecule has 0 saturated heterocycles. The van der Waals surface area contributed by atoms with Crippen LogP contribution in [0.1, 0.15) is 40.3 Å². The van der Waals surface area contributed by atoms with Gasteiger partial charge in [0.05, 0.1) is 0 Å². The van der Waals surface area contributed by atoms with E-state index in [2.05, 4.69) is 217 Å². The minimum atomic E-state index is -0.176. The first kappa shape index (κ1) is 35.7. The second-order valence-electron chi connectivity index (χ2n) is 15.8. The Balaban J connectivity index is 0.913. The second-order valence-corrected chi connectivity index (χ2v) is 15.8. The molecule has 0 N–H and O–H groups in total. The Labute approximate surface area is 351 Å². The van der Waals surface area contributed by atoms with Gasteiger partial charge in [0, 0.05) is 28.2 Å². The summed E-state index contributed by atoms with van der Waals surface area (Å²) >= 11 is 0. The van der Waals surface area contributed by atoms with Gasteiger partial charge in [-0.15, -0.1) is 0 Å². The van der Waals surface area contributed by atoms with Crippen molar-refractivity contribution in [2.45, 2.75) is 25.0 Å². The smallest absolute Gasteiger partial charge is 0.217 e. The van der Waals surface area contributed by atoms with Gasteiger partial charge >= 0.3 is 0 Å². The van der Waals surface area contributed by atoms with Gasteiger partial charge in [0.1, 0.15) is 6.04 Å². The van der Waals surface area contributed by atoms with Crippen molar-refractivity contribution >= 4 is 35.1 Å². The number of hydrogen-bond acceptors (Lipinski definition) is 3. The SMILES string of the molecule is C1=Cc2c(cccc2-c2ccc(-c3cccc(N(c4ccc(-c5ccccc5)cc4)c4ccc5c(c4)C=CC4N=C(c6ccc(-c7ccccc7)cc6)OC54)c3)cc2)CC1. The maximum atomic E-state index is 6.66. The average Bonchev–Trinajstić information content (AvgIpc) is 3.78. The summed E-state index contributed by atoms with van der Waals surface area (Å²) in [5.74, 6) is 0.691. The van der Waals surface area contributed by atoms with Gasteiger partial charge in [0.2, 0.25) is 5.90 Å². The van der Waals surface area contributed by atoms with Crippen LogP contribution in [0.15, 0.2) is 211 Å². The Bertz CT molecular complexity index is 2930. The zero-order chi connectivity index (χ0) is 39.8. The summed E-state index contributed by atoms with van der Waals surface area (Å²) in [5, 5.41) is 0. The summed E-state index contributed by atoms with van der Waals surface area (Å²) < 4.78 is 6.66. The van der Waals surface area contributed by atoms with Crippen molar-refractivity contribution in [3.05, 3.63) is 234 Å². The lowest BCUT2D eigenvalue weighted by Gasteiger charge is -2.28. The minimum absolute atomic E-state index is 0.0689. The summed E-state index contributed by atoms with van der Waals surface area (Å²) in [5.41, 5.74) is 19.0. The molecule has 2 aliphatic carbocycles. The largest absolute Gasteiger partial charge is 0.467 e. The first-order chi connectivity index (χ1) is 29.7. The van der Waals surface area contributed by atoms with Crippen LogP contribution in [0.2, 0.25) is 0 Å². The number of fused-ring (bicyclic) bond motifs is 4. The third kappa shape index (κ3) is 6.74. The predicted molar refractivity (Wildman–Crippen MR) is 250 cm³/mol. The standard InChI is InChI=1S/C57H42N2O/c1-3-11-39(12-4-1)41-23-27-46(28-24-41)57-58-55-36-31-48-38-51(34-35-54(48)56(55)60-57)59(49-32-29-42(30-33-49)40-13-5-2-6-14-40)50-18-9-17-47(37-50)43-21-25-45(26-22-43)53-20-10-16-44-15-7-8-19-52(44)53/h1-6,8-14,16-38,55-56H,7,15H2. The monoisotopic (exact) mass is 770 g/mol. The van der Waals surface area contributed by atoms with Gasteiger partial charge < -0.3 is 9.64 Å². The molecule has 8 aromatic rings. The van der Waals surface area contributed by atoms with Gasteiger partial charge in [0.15, 0.2) is 6.10 Å². The summed E-state index contributed by atoms with van der Waals surface area (Å²) in [6.07, 6.45) is 11.0. The average molecular weight is 771 g/mol. The Kier molecular flexibility index (Phi) is 9.13. The van der Waals surface area contributed by atoms with Crippen molar-refractivity contribution < 1.29 is 4.74 Å². The van der Waals surface area contributed by atoms with Crippen LogP contribution in [0.4, 0.5) is 17.1 Å². The molecular weight excluding hydrogens is 729 g/mol. The highest BCUT2D eigenvalue weighted by Crippen LogP contribution is 2.43. The number of anilines is 3. The van der Waals surface area contributed by atoms with Crippen LogP contribution >= 0.6 is 0 Å². The van der Waals surface area contributed by atoms with E-state index in [-0.39, 0.29) is 12.1 Å². The van der Waals surface area contributed by atoms with Crippen molar-refractivity contribution in [1.82, 2.24) is 0 Å². The first-order valence-electron chi connectivity index (χ1n) is 20.9. The van der Waals surface area contributed by atoms with Crippen molar-refractivity contribution in [3.8, 4) is 44.5 Å². The van der Waals surface area contributed by atoms with Crippen LogP contribution in [0, 0.1) is 0 Å². The number of nitrogens with zero attached hydrogens (tertiary/aromatic N) is 2. The fourth-order valence-corrected chi connectivity index (χ4v) is 8.97. The van der Waals surface area contributed by atoms with Gasteiger partial charge in [-0.1, -0.05) is 170 Å². The minimum Gasteiger partial charge on any atom is -0.467 e. The molecule has 60 heavy (non-hydrogen) atoms. The van der Waals surface area contributed by atoms with Crippen LogP contribution in [0.3, 0.4) is 0 Å². The van der Waals surface area contributed by atoms with Crippen LogP contribution < -0.4 is 4.90 Å². The first-order valence-corrected chi connectivity index (χ1v) is 20.9. The predicted octanol–water partition coefficient (Wildman–Crippen LogP) is 14.7. The third-order valence-electron chi connectivity index (χ3n) is 12.1. The molecule has 3 nitrogen and oxygen atoms in total. The van der Waals surface area contributed by atoms with Crippen molar-refractivity contribution in [1.29, 1.82) is 0 Å². The molecule has 0 aromatic heterocycles. The van der Waals surface area contributed by atoms with E-state index in [4.69, 9.17) is 9.73 Å². The Morgan fingerprint density at radius 1 is 0.467 bits per heavy atom. The van der Waals surface area contributed by atoms with Crippen LogP contribution in [0.25, 0.3) is 56.7 Å². The van der Waals surface area contributed by atoms with E-state index in [0.717, 1.165) is 46.6 Å². The molecule has 1 heterocycles. The van der Waals surface area contributed by atoms with Crippen molar-refractivity contribution in [2.75, 3.05) is 4.90 Å². The molecule has 0 amide bonds. The van der Waals surface area contributed by atoms with E-state index in [9.17, 15) is 0 Å². The molecule has 1 aliphatic heterocycles. The highest BCUT2D eigenvalue weighted by Gasteiger charge is 2.35. The molecule has 3 heteroatoms. The van der Waals surface area contributed by atoms with E-state index in [1.54, 1.807) is 0 Å². The van der Waals surface area contributed by atoms with Gasteiger partial charge in [-0.05, 0) is 123 Å². The number of rotatable bonds is 8. The molecule has 2 atom stereocenters. The van der Waals surface area contributed by atoms with Crippen LogP contribution in [-0.4, -0.2) is 11.9 Å². The summed E-state index contributed by atoms with van der Waals surface area (Å²) in [7, 11) is 0. The second kappa shape index (κ2) is 15.4. The zero-order valence-electron chi connectivity index (χ0n) is 33.2. The third-order valence-corrected chi connectivity index (χ3v) is 12.1. The molecular formula is C57H42N2O. The topological polar surface area (TPSA) is 24.8 Å². The lowest BCUT2D eigenvalue weighted by Crippen LogP contribution is -2.17. The number of benzene rings is 8. The van der Waals surface area contributed by atoms with Crippen molar-refractivity contribution in [3.63, 3.8) is 0 Å². The number of aliphatic imine (C=N–C) groups is 1. The van der Waals surface area contributed by atoms with Gasteiger partial charge in [-0.2, -0.15) is 0 Å². The Morgan fingerprint density at radius 2 is 1.05 bits per heavy atom. The highest BCUT2D eigenvalue weighted by molar-refractivity contribution is 5.96. The van der Waals surface area contributed by atoms with E-state index in [0.29, 0.717) is 5.90 Å². The highest BCUT2D eigenvalue weighted by atomic mass is 16.5. The van der Waals surface area contributed by atoms with Crippen molar-refractivity contribution in [2.24, 2.45) is 4.99 Å². The molecule has 0 radical (unpaired) electrons. The molecule has 2 unspecified atom stereocenters. The lowest BCUT2D eigenvalue weighted by atomic mass is 9.89. The van der Waals surface area contributed by atoms with Crippen LogP contribution in [0.5, 0.6) is 0 Å². The number of allylic oxidation sites excluding steroid dienone is 1. The van der Waals surface area contributed by atoms with E-state index in [1.165, 1.54) is 55.6 Å². The maximum absolute atomic E-state index is 6.66. The van der Waals surface area contributed by atoms with Gasteiger partial charge in [-0.3, -0.25) is 0 Å². The molecule has 0 spiro atoms. The number of hydrogen-bond donors (Lipinski definition) is 0. The molecule has 8 aromatic carbocycles. The van der Waals surface area contributed by atoms with E-state index >= 15 is 0 Å². The molecule has 11 rings (SSSR count). The Morgan fingerprint density at radius 3 is 1.78 bits per heavy atom.